The fourth-order valence-corrected chi connectivity index (χ4v) is 0.671. The molecule has 1 nitrogen and oxygen atoms in total. The van der Waals surface area contributed by atoms with E-state index in [1.54, 1.807) is 0 Å². The average molecular weight is 181 g/mol. The van der Waals surface area contributed by atoms with E-state index in [4.69, 9.17) is 0 Å². The van der Waals surface area contributed by atoms with Gasteiger partial charge in [-0.05, 0) is 20.8 Å². The first-order valence-corrected chi connectivity index (χ1v) is 3.95. The van der Waals surface area contributed by atoms with Gasteiger partial charge >= 0.3 is 0 Å². The highest BCUT2D eigenvalue weighted by atomic mass is 79.9. The number of rotatable bonds is 3. The van der Waals surface area contributed by atoms with E-state index in [1.165, 1.54) is 19.6 Å². The smallest absolute Gasteiger partial charge is 0.227 e. The van der Waals surface area contributed by atoms with Gasteiger partial charge in [-0.2, -0.15) is 0 Å². The molecule has 0 saturated heterocycles. The van der Waals surface area contributed by atoms with Crippen LogP contribution in [0.1, 0.15) is 20.8 Å². The second-order valence-corrected chi connectivity index (χ2v) is 3.48. The maximum atomic E-state index is 3.62. The topological polar surface area (TPSA) is 0 Å². The zero-order valence-corrected chi connectivity index (χ0v) is 7.53. The third kappa shape index (κ3) is 2.14. The minimum absolute atomic E-state index is 1.02. The molecule has 0 heterocycles. The van der Waals surface area contributed by atoms with Gasteiger partial charge in [-0.25, -0.2) is 0 Å². The standard InChI is InChI=1S/C6H15BrN/c1-4-8(7,5-2)6-3/h4-6H2,1-3H3/q+1. The zero-order valence-electron chi connectivity index (χ0n) is 5.95. The molecule has 0 rings (SSSR count). The first kappa shape index (κ1) is 8.44. The molecule has 0 bridgehead atoms. The Labute approximate surface area is 60.6 Å². The lowest BCUT2D eigenvalue weighted by Crippen LogP contribution is -2.36. The van der Waals surface area contributed by atoms with E-state index in [-0.39, 0.29) is 0 Å². The summed E-state index contributed by atoms with van der Waals surface area (Å²) in [5, 5.41) is 0. The predicted molar refractivity (Wildman–Crippen MR) is 40.8 cm³/mol. The lowest BCUT2D eigenvalue weighted by atomic mass is 10.5. The number of nitrogens with zero attached hydrogens (tertiary/aromatic N) is 1. The van der Waals surface area contributed by atoms with E-state index in [2.05, 4.69) is 36.9 Å². The van der Waals surface area contributed by atoms with Crippen LogP contribution in [-0.4, -0.2) is 23.1 Å². The van der Waals surface area contributed by atoms with Crippen molar-refractivity contribution >= 4 is 16.1 Å². The van der Waals surface area contributed by atoms with Gasteiger partial charge in [0.05, 0.1) is 19.6 Å². The zero-order chi connectivity index (χ0) is 6.62. The summed E-state index contributed by atoms with van der Waals surface area (Å²) in [4.78, 5) is 0. The summed E-state index contributed by atoms with van der Waals surface area (Å²) in [5.41, 5.74) is 0. The van der Waals surface area contributed by atoms with Crippen molar-refractivity contribution in [3.05, 3.63) is 0 Å². The highest BCUT2D eigenvalue weighted by Gasteiger charge is 2.15. The summed E-state index contributed by atoms with van der Waals surface area (Å²) < 4.78 is 1.02. The number of hydrogen-bond acceptors (Lipinski definition) is 0. The van der Waals surface area contributed by atoms with E-state index >= 15 is 0 Å². The van der Waals surface area contributed by atoms with Crippen LogP contribution >= 0.6 is 16.1 Å². The predicted octanol–water partition coefficient (Wildman–Crippen LogP) is 2.17. The van der Waals surface area contributed by atoms with Gasteiger partial charge in [-0.3, -0.25) is 3.51 Å². The highest BCUT2D eigenvalue weighted by Crippen LogP contribution is 2.11. The maximum absolute atomic E-state index is 3.62. The van der Waals surface area contributed by atoms with Crippen molar-refractivity contribution < 1.29 is 3.51 Å². The number of halogens is 1. The molecule has 0 saturated carbocycles. The summed E-state index contributed by atoms with van der Waals surface area (Å²) in [6.07, 6.45) is 0. The van der Waals surface area contributed by atoms with Crippen molar-refractivity contribution in [3.8, 4) is 0 Å². The molecule has 0 aromatic rings. The first-order valence-electron chi connectivity index (χ1n) is 3.24. The van der Waals surface area contributed by atoms with Crippen molar-refractivity contribution in [2.45, 2.75) is 20.8 Å². The molecule has 50 valence electrons. The molecule has 0 fully saturated rings. The Kier molecular flexibility index (Phi) is 3.65. The molecule has 0 spiro atoms. The molecular weight excluding hydrogens is 166 g/mol. The molecule has 8 heavy (non-hydrogen) atoms. The molecule has 0 amide bonds. The molecule has 0 aliphatic rings. The summed E-state index contributed by atoms with van der Waals surface area (Å²) in [5.74, 6) is 0. The van der Waals surface area contributed by atoms with Crippen molar-refractivity contribution in [3.63, 3.8) is 0 Å². The van der Waals surface area contributed by atoms with E-state index in [0.29, 0.717) is 0 Å². The summed E-state index contributed by atoms with van der Waals surface area (Å²) in [7, 11) is 0. The third-order valence-corrected chi connectivity index (χ3v) is 3.20. The van der Waals surface area contributed by atoms with Gasteiger partial charge in [0, 0.05) is 0 Å². The van der Waals surface area contributed by atoms with Gasteiger partial charge in [-0.15, -0.1) is 0 Å². The number of hydrogen-bond donors (Lipinski definition) is 0. The van der Waals surface area contributed by atoms with Gasteiger partial charge in [-0.1, -0.05) is 0 Å². The van der Waals surface area contributed by atoms with Crippen LogP contribution in [0.25, 0.3) is 0 Å². The second-order valence-electron chi connectivity index (χ2n) is 1.98. The fourth-order valence-electron chi connectivity index (χ4n) is 0.671. The minimum atomic E-state index is 1.02. The van der Waals surface area contributed by atoms with E-state index in [9.17, 15) is 0 Å². The molecule has 0 aliphatic heterocycles. The summed E-state index contributed by atoms with van der Waals surface area (Å²) in [6.45, 7) is 10.1. The molecule has 0 aromatic heterocycles. The van der Waals surface area contributed by atoms with Crippen LogP contribution in [-0.2, 0) is 0 Å². The van der Waals surface area contributed by atoms with E-state index < -0.39 is 0 Å². The molecule has 0 aromatic carbocycles. The van der Waals surface area contributed by atoms with Gasteiger partial charge < -0.3 is 0 Å². The Bertz CT molecular complexity index is 51.3. The van der Waals surface area contributed by atoms with Gasteiger partial charge in [0.1, 0.15) is 0 Å². The highest BCUT2D eigenvalue weighted by molar-refractivity contribution is 9.05. The van der Waals surface area contributed by atoms with Crippen molar-refractivity contribution in [1.29, 1.82) is 0 Å². The van der Waals surface area contributed by atoms with Gasteiger partial charge in [0.25, 0.3) is 0 Å². The van der Waals surface area contributed by atoms with Gasteiger partial charge in [0.15, 0.2) is 0 Å². The summed E-state index contributed by atoms with van der Waals surface area (Å²) in [6, 6.07) is 0. The first-order chi connectivity index (χ1) is 3.68. The van der Waals surface area contributed by atoms with Crippen LogP contribution in [0, 0.1) is 0 Å². The Morgan fingerprint density at radius 3 is 1.25 bits per heavy atom. The summed E-state index contributed by atoms with van der Waals surface area (Å²) >= 11 is 3.62. The normalized spacial score (nSPS) is 12.0. The Morgan fingerprint density at radius 2 is 1.25 bits per heavy atom. The third-order valence-electron chi connectivity index (χ3n) is 1.70. The second kappa shape index (κ2) is 3.46. The Morgan fingerprint density at radius 1 is 1.00 bits per heavy atom. The monoisotopic (exact) mass is 180 g/mol. The minimum Gasteiger partial charge on any atom is -0.257 e. The maximum Gasteiger partial charge on any atom is 0.227 e. The molecule has 2 heteroatoms. The molecule has 0 unspecified atom stereocenters. The largest absolute Gasteiger partial charge is 0.257 e. The van der Waals surface area contributed by atoms with Crippen LogP contribution in [0.15, 0.2) is 0 Å². The quantitative estimate of drug-likeness (QED) is 0.585. The lowest BCUT2D eigenvalue weighted by molar-refractivity contribution is -0.773. The van der Waals surface area contributed by atoms with Crippen LogP contribution in [0.2, 0.25) is 0 Å². The molecular formula is C6H15BrN+. The molecule has 0 radical (unpaired) electrons. The van der Waals surface area contributed by atoms with Crippen LogP contribution in [0.3, 0.4) is 0 Å². The Balaban J connectivity index is 3.58. The van der Waals surface area contributed by atoms with Crippen LogP contribution in [0.4, 0.5) is 0 Å². The Hall–Kier alpha value is 0.440. The van der Waals surface area contributed by atoms with E-state index in [1.807, 2.05) is 0 Å². The van der Waals surface area contributed by atoms with Crippen LogP contribution < -0.4 is 0 Å². The number of quaternary nitrogens is 1. The molecule has 0 aliphatic carbocycles. The van der Waals surface area contributed by atoms with Crippen LogP contribution in [0.5, 0.6) is 0 Å². The molecule has 0 atom stereocenters. The average Bonchev–Trinajstić information content (AvgIpc) is 1.87. The lowest BCUT2D eigenvalue weighted by Gasteiger charge is -2.25. The van der Waals surface area contributed by atoms with Gasteiger partial charge in [0.2, 0.25) is 16.1 Å². The van der Waals surface area contributed by atoms with Crippen molar-refractivity contribution in [2.24, 2.45) is 0 Å². The SMILES string of the molecule is CC[N+](Br)(CC)CC. The molecule has 0 N–H and O–H groups in total. The van der Waals surface area contributed by atoms with Crippen molar-refractivity contribution in [2.75, 3.05) is 19.6 Å². The fraction of sp³-hybridized carbons (Fsp3) is 1.00. The van der Waals surface area contributed by atoms with E-state index in [0.717, 1.165) is 3.51 Å². The van der Waals surface area contributed by atoms with Crippen molar-refractivity contribution in [1.82, 2.24) is 0 Å².